The minimum absolute atomic E-state index is 0.0203. The Labute approximate surface area is 167 Å². The maximum absolute atomic E-state index is 13.4. The van der Waals surface area contributed by atoms with Gasteiger partial charge < -0.3 is 5.32 Å². The van der Waals surface area contributed by atoms with Crippen LogP contribution in [0.25, 0.3) is 0 Å². The molecule has 4 aliphatic carbocycles. The average molecular weight is 387 g/mol. The summed E-state index contributed by atoms with van der Waals surface area (Å²) in [4.78, 5) is 17.5. The lowest BCUT2D eigenvalue weighted by atomic mass is 9.49. The predicted octanol–water partition coefficient (Wildman–Crippen LogP) is 5.00. The molecule has 6 rings (SSSR count). The fourth-order valence-electron chi connectivity index (χ4n) is 7.06. The summed E-state index contributed by atoms with van der Waals surface area (Å²) in [7, 11) is 0. The topological polar surface area (TPSA) is 32.3 Å². The zero-order valence-corrected chi connectivity index (χ0v) is 17.3. The fraction of sp³-hybridized carbons (Fsp3) is 0.783. The van der Waals surface area contributed by atoms with Crippen LogP contribution in [0.5, 0.6) is 0 Å². The number of rotatable bonds is 5. The van der Waals surface area contributed by atoms with E-state index in [0.29, 0.717) is 11.9 Å². The van der Waals surface area contributed by atoms with Crippen molar-refractivity contribution in [1.82, 2.24) is 10.2 Å². The molecule has 1 aromatic heterocycles. The van der Waals surface area contributed by atoms with Crippen LogP contribution < -0.4 is 5.32 Å². The van der Waals surface area contributed by atoms with Gasteiger partial charge in [-0.15, -0.1) is 11.3 Å². The van der Waals surface area contributed by atoms with Crippen LogP contribution in [0.2, 0.25) is 0 Å². The van der Waals surface area contributed by atoms with Crippen molar-refractivity contribution in [3.05, 3.63) is 22.4 Å². The monoisotopic (exact) mass is 386 g/mol. The first-order valence-electron chi connectivity index (χ1n) is 11.3. The Hall–Kier alpha value is -0.870. The van der Waals surface area contributed by atoms with Gasteiger partial charge in [0.15, 0.2) is 0 Å². The van der Waals surface area contributed by atoms with Crippen molar-refractivity contribution in [3.63, 3.8) is 0 Å². The minimum atomic E-state index is -0.0203. The number of carbonyl (C=O) groups excluding carboxylic acids is 1. The lowest BCUT2D eigenvalue weighted by Crippen LogP contribution is -2.54. The highest BCUT2D eigenvalue weighted by molar-refractivity contribution is 7.10. The van der Waals surface area contributed by atoms with Crippen LogP contribution in [0.4, 0.5) is 0 Å². The normalized spacial score (nSPS) is 37.1. The average Bonchev–Trinajstić information content (AvgIpc) is 3.03. The van der Waals surface area contributed by atoms with Crippen molar-refractivity contribution in [3.8, 4) is 0 Å². The Balaban J connectivity index is 1.28. The summed E-state index contributed by atoms with van der Waals surface area (Å²) in [5.74, 6) is 2.89. The zero-order chi connectivity index (χ0) is 18.3. The molecule has 1 atom stereocenters. The molecule has 0 aromatic carbocycles. The molecule has 4 saturated carbocycles. The van der Waals surface area contributed by atoms with Gasteiger partial charge in [0.25, 0.3) is 0 Å². The molecule has 1 aliphatic heterocycles. The molecule has 4 bridgehead atoms. The molecule has 1 amide bonds. The smallest absolute Gasteiger partial charge is 0.226 e. The molecule has 27 heavy (non-hydrogen) atoms. The molecule has 5 fully saturated rings. The third-order valence-electron chi connectivity index (χ3n) is 7.93. The molecule has 0 unspecified atom stereocenters. The predicted molar refractivity (Wildman–Crippen MR) is 111 cm³/mol. The second kappa shape index (κ2) is 7.51. The van der Waals surface area contributed by atoms with E-state index < -0.39 is 0 Å². The van der Waals surface area contributed by atoms with Gasteiger partial charge >= 0.3 is 0 Å². The van der Waals surface area contributed by atoms with Crippen molar-refractivity contribution >= 4 is 17.2 Å². The molecule has 2 heterocycles. The number of likely N-dealkylation sites (tertiary alicyclic amines) is 1. The number of carbonyl (C=O) groups is 1. The molecule has 0 spiro atoms. The lowest BCUT2D eigenvalue weighted by molar-refractivity contribution is -0.146. The van der Waals surface area contributed by atoms with E-state index >= 15 is 0 Å². The van der Waals surface area contributed by atoms with Crippen LogP contribution >= 0.6 is 11.3 Å². The number of nitrogens with zero attached hydrogens (tertiary/aromatic N) is 1. The Morgan fingerprint density at radius 3 is 2.26 bits per heavy atom. The van der Waals surface area contributed by atoms with E-state index in [1.165, 1.54) is 82.2 Å². The van der Waals surface area contributed by atoms with Gasteiger partial charge in [0.05, 0.1) is 6.04 Å². The van der Waals surface area contributed by atoms with Crippen molar-refractivity contribution in [2.45, 2.75) is 70.3 Å². The lowest BCUT2D eigenvalue weighted by Gasteiger charge is -2.55. The Morgan fingerprint density at radius 1 is 1.07 bits per heavy atom. The van der Waals surface area contributed by atoms with E-state index in [4.69, 9.17) is 0 Å². The van der Waals surface area contributed by atoms with Gasteiger partial charge in [0.1, 0.15) is 0 Å². The molecule has 5 aliphatic rings. The largest absolute Gasteiger partial charge is 0.354 e. The van der Waals surface area contributed by atoms with Gasteiger partial charge in [-0.25, -0.2) is 0 Å². The Kier molecular flexibility index (Phi) is 5.06. The first-order chi connectivity index (χ1) is 13.2. The fourth-order valence-corrected chi connectivity index (χ4v) is 7.92. The number of hydrogen-bond donors (Lipinski definition) is 1. The molecular weight excluding hydrogens is 352 g/mol. The van der Waals surface area contributed by atoms with Crippen molar-refractivity contribution in [1.29, 1.82) is 0 Å². The van der Waals surface area contributed by atoms with Gasteiger partial charge in [-0.1, -0.05) is 18.9 Å². The number of nitrogens with one attached hydrogen (secondary N) is 1. The SMILES string of the molecule is O=C(NC[C@@H](c1cccs1)N1CCCCCC1)C12CC3CC(CC(C3)C1)C2. The second-order valence-corrected chi connectivity index (χ2v) is 10.9. The van der Waals surface area contributed by atoms with Crippen molar-refractivity contribution < 1.29 is 4.79 Å². The number of hydrogen-bond acceptors (Lipinski definition) is 3. The first kappa shape index (κ1) is 18.2. The Bertz CT molecular complexity index is 612. The molecule has 1 N–H and O–H groups in total. The van der Waals surface area contributed by atoms with Crippen LogP contribution in [-0.4, -0.2) is 30.4 Å². The summed E-state index contributed by atoms with van der Waals surface area (Å²) in [5, 5.41) is 5.65. The summed E-state index contributed by atoms with van der Waals surface area (Å²) in [6, 6.07) is 4.78. The van der Waals surface area contributed by atoms with E-state index in [1.54, 1.807) is 0 Å². The maximum atomic E-state index is 13.4. The minimum Gasteiger partial charge on any atom is -0.354 e. The molecule has 148 valence electrons. The summed E-state index contributed by atoms with van der Waals surface area (Å²) in [5.41, 5.74) is -0.0203. The highest BCUT2D eigenvalue weighted by Crippen LogP contribution is 2.60. The van der Waals surface area contributed by atoms with Crippen molar-refractivity contribution in [2.75, 3.05) is 19.6 Å². The molecule has 1 aromatic rings. The second-order valence-electron chi connectivity index (χ2n) is 9.89. The molecule has 4 heteroatoms. The van der Waals surface area contributed by atoms with Crippen molar-refractivity contribution in [2.24, 2.45) is 23.2 Å². The highest BCUT2D eigenvalue weighted by Gasteiger charge is 2.54. The van der Waals surface area contributed by atoms with Gasteiger partial charge in [0.2, 0.25) is 5.91 Å². The van der Waals surface area contributed by atoms with Gasteiger partial charge in [-0.3, -0.25) is 9.69 Å². The standard InChI is InChI=1S/C23H34N2OS/c26-22(23-13-17-10-18(14-23)12-19(11-17)15-23)24-16-20(21-6-5-9-27-21)25-7-3-1-2-4-8-25/h5-6,9,17-20H,1-4,7-8,10-16H2,(H,24,26)/t17?,18?,19?,20-,23?/m0/s1. The summed E-state index contributed by atoms with van der Waals surface area (Å²) in [6.07, 6.45) is 13.0. The zero-order valence-electron chi connectivity index (χ0n) is 16.5. The molecule has 1 saturated heterocycles. The van der Waals surface area contributed by atoms with Gasteiger partial charge in [-0.05, 0) is 93.7 Å². The summed E-state index contributed by atoms with van der Waals surface area (Å²) in [6.45, 7) is 3.15. The Morgan fingerprint density at radius 2 is 1.70 bits per heavy atom. The van der Waals surface area contributed by atoms with E-state index in [-0.39, 0.29) is 5.41 Å². The van der Waals surface area contributed by atoms with Crippen LogP contribution in [-0.2, 0) is 4.79 Å². The summed E-state index contributed by atoms with van der Waals surface area (Å²) >= 11 is 1.85. The van der Waals surface area contributed by atoms with Gasteiger partial charge in [0, 0.05) is 16.8 Å². The highest BCUT2D eigenvalue weighted by atomic mass is 32.1. The molecule has 0 radical (unpaired) electrons. The third-order valence-corrected chi connectivity index (χ3v) is 8.90. The first-order valence-corrected chi connectivity index (χ1v) is 12.2. The van der Waals surface area contributed by atoms with Crippen LogP contribution in [0.15, 0.2) is 17.5 Å². The van der Waals surface area contributed by atoms with E-state index in [2.05, 4.69) is 27.7 Å². The van der Waals surface area contributed by atoms with E-state index in [0.717, 1.165) is 24.3 Å². The quantitative estimate of drug-likeness (QED) is 0.772. The molecular formula is C23H34N2OS. The van der Waals surface area contributed by atoms with Crippen LogP contribution in [0.1, 0.15) is 75.1 Å². The third kappa shape index (κ3) is 3.60. The summed E-state index contributed by atoms with van der Waals surface area (Å²) < 4.78 is 0. The van der Waals surface area contributed by atoms with Crippen LogP contribution in [0, 0.1) is 23.2 Å². The van der Waals surface area contributed by atoms with Crippen LogP contribution in [0.3, 0.4) is 0 Å². The molecule has 3 nitrogen and oxygen atoms in total. The van der Waals surface area contributed by atoms with E-state index in [9.17, 15) is 4.79 Å². The maximum Gasteiger partial charge on any atom is 0.226 e. The van der Waals surface area contributed by atoms with Gasteiger partial charge in [-0.2, -0.15) is 0 Å². The number of amides is 1. The number of thiophene rings is 1. The van der Waals surface area contributed by atoms with E-state index in [1.807, 2.05) is 11.3 Å².